The van der Waals surface area contributed by atoms with Crippen LogP contribution in [-0.4, -0.2) is 18.9 Å². The zero-order chi connectivity index (χ0) is 19.1. The summed E-state index contributed by atoms with van der Waals surface area (Å²) in [7, 11) is 1.40. The zero-order valence-corrected chi connectivity index (χ0v) is 15.1. The molecule has 0 bridgehead atoms. The molecule has 2 aromatic carbocycles. The van der Waals surface area contributed by atoms with Crippen molar-refractivity contribution in [2.24, 2.45) is 0 Å². The number of hydrogen-bond acceptors (Lipinski definition) is 3. The van der Waals surface area contributed by atoms with Gasteiger partial charge in [-0.15, -0.1) is 0 Å². The molecule has 0 spiro atoms. The normalized spacial score (nSPS) is 12.8. The standard InChI is InChI=1S/C20H23FN2O3/c1-13(16-9-10-19(26-3)17(21)11-16)22-20(25)12-18(23-14(2)24)15-7-5-4-6-8-15/h4-11,13,18H,12H2,1-3H3,(H,22,25)(H,23,24)/t13-,18+/m0/s1. The number of amides is 2. The van der Waals surface area contributed by atoms with Gasteiger partial charge < -0.3 is 15.4 Å². The largest absolute Gasteiger partial charge is 0.494 e. The van der Waals surface area contributed by atoms with Gasteiger partial charge in [0.05, 0.1) is 25.6 Å². The van der Waals surface area contributed by atoms with Crippen LogP contribution in [0.1, 0.15) is 43.5 Å². The summed E-state index contributed by atoms with van der Waals surface area (Å²) in [6.07, 6.45) is 0.0899. The Morgan fingerprint density at radius 2 is 1.77 bits per heavy atom. The van der Waals surface area contributed by atoms with Crippen LogP contribution in [0.3, 0.4) is 0 Å². The van der Waals surface area contributed by atoms with E-state index in [9.17, 15) is 14.0 Å². The van der Waals surface area contributed by atoms with Gasteiger partial charge in [0.15, 0.2) is 11.6 Å². The number of hydrogen-bond donors (Lipinski definition) is 2. The monoisotopic (exact) mass is 358 g/mol. The number of methoxy groups -OCH3 is 1. The number of nitrogens with one attached hydrogen (secondary N) is 2. The van der Waals surface area contributed by atoms with Gasteiger partial charge in [0, 0.05) is 6.92 Å². The van der Waals surface area contributed by atoms with Crippen LogP contribution in [-0.2, 0) is 9.59 Å². The molecular weight excluding hydrogens is 335 g/mol. The Kier molecular flexibility index (Phi) is 6.72. The molecule has 2 aromatic rings. The lowest BCUT2D eigenvalue weighted by atomic mass is 10.0. The quantitative estimate of drug-likeness (QED) is 0.798. The lowest BCUT2D eigenvalue weighted by molar-refractivity contribution is -0.123. The molecule has 26 heavy (non-hydrogen) atoms. The lowest BCUT2D eigenvalue weighted by Gasteiger charge is -2.20. The summed E-state index contributed by atoms with van der Waals surface area (Å²) >= 11 is 0. The highest BCUT2D eigenvalue weighted by Gasteiger charge is 2.19. The van der Waals surface area contributed by atoms with E-state index in [4.69, 9.17) is 4.74 Å². The Hall–Kier alpha value is -2.89. The number of carbonyl (C=O) groups excluding carboxylic acids is 2. The maximum atomic E-state index is 13.8. The summed E-state index contributed by atoms with van der Waals surface area (Å²) in [6.45, 7) is 3.19. The van der Waals surface area contributed by atoms with E-state index in [2.05, 4.69) is 10.6 Å². The van der Waals surface area contributed by atoms with Crippen LogP contribution in [0, 0.1) is 5.82 Å². The molecule has 2 rings (SSSR count). The molecule has 0 fully saturated rings. The predicted octanol–water partition coefficient (Wildman–Crippen LogP) is 3.28. The average Bonchev–Trinajstić information content (AvgIpc) is 2.61. The second-order valence-electron chi connectivity index (χ2n) is 6.05. The summed E-state index contributed by atoms with van der Waals surface area (Å²) in [5.41, 5.74) is 1.48. The second kappa shape index (κ2) is 8.99. The van der Waals surface area contributed by atoms with Crippen molar-refractivity contribution in [1.29, 1.82) is 0 Å². The summed E-state index contributed by atoms with van der Waals surface area (Å²) in [6, 6.07) is 13.1. The smallest absolute Gasteiger partial charge is 0.222 e. The van der Waals surface area contributed by atoms with Crippen LogP contribution in [0.4, 0.5) is 4.39 Å². The molecule has 0 heterocycles. The van der Waals surface area contributed by atoms with Crippen molar-refractivity contribution in [2.75, 3.05) is 7.11 Å². The lowest BCUT2D eigenvalue weighted by Crippen LogP contribution is -2.33. The zero-order valence-electron chi connectivity index (χ0n) is 15.1. The van der Waals surface area contributed by atoms with Gasteiger partial charge in [0.25, 0.3) is 0 Å². The summed E-state index contributed by atoms with van der Waals surface area (Å²) in [5.74, 6) is -0.776. The third-order valence-corrected chi connectivity index (χ3v) is 4.02. The Balaban J connectivity index is 2.05. The summed E-state index contributed by atoms with van der Waals surface area (Å²) in [5, 5.41) is 5.62. The first-order valence-corrected chi connectivity index (χ1v) is 8.35. The van der Waals surface area contributed by atoms with E-state index >= 15 is 0 Å². The summed E-state index contributed by atoms with van der Waals surface area (Å²) < 4.78 is 18.7. The summed E-state index contributed by atoms with van der Waals surface area (Å²) in [4.78, 5) is 23.9. The first-order valence-electron chi connectivity index (χ1n) is 8.35. The molecule has 5 nitrogen and oxygen atoms in total. The molecule has 6 heteroatoms. The van der Waals surface area contributed by atoms with E-state index in [-0.39, 0.29) is 30.0 Å². The number of rotatable bonds is 7. The van der Waals surface area contributed by atoms with Crippen molar-refractivity contribution in [3.63, 3.8) is 0 Å². The van der Waals surface area contributed by atoms with Crippen molar-refractivity contribution in [1.82, 2.24) is 10.6 Å². The Labute approximate surface area is 152 Å². The molecule has 2 N–H and O–H groups in total. The third-order valence-electron chi connectivity index (χ3n) is 4.02. The molecule has 2 amide bonds. The molecule has 0 aliphatic rings. The topological polar surface area (TPSA) is 67.4 Å². The first kappa shape index (κ1) is 19.4. The van der Waals surface area contributed by atoms with Crippen LogP contribution in [0.25, 0.3) is 0 Å². The van der Waals surface area contributed by atoms with Gasteiger partial charge in [-0.3, -0.25) is 9.59 Å². The maximum absolute atomic E-state index is 13.8. The molecule has 0 aromatic heterocycles. The maximum Gasteiger partial charge on any atom is 0.222 e. The van der Waals surface area contributed by atoms with Crippen molar-refractivity contribution in [2.45, 2.75) is 32.4 Å². The highest BCUT2D eigenvalue weighted by atomic mass is 19.1. The number of benzene rings is 2. The van der Waals surface area contributed by atoms with E-state index in [1.165, 1.54) is 26.2 Å². The fourth-order valence-electron chi connectivity index (χ4n) is 2.70. The molecule has 0 aliphatic carbocycles. The molecule has 0 saturated carbocycles. The SMILES string of the molecule is COc1ccc([C@H](C)NC(=O)C[C@@H](NC(C)=O)c2ccccc2)cc1F. The van der Waals surface area contributed by atoms with E-state index < -0.39 is 11.9 Å². The molecule has 0 aliphatic heterocycles. The second-order valence-corrected chi connectivity index (χ2v) is 6.05. The highest BCUT2D eigenvalue weighted by molar-refractivity contribution is 5.79. The Morgan fingerprint density at radius 1 is 1.08 bits per heavy atom. The van der Waals surface area contributed by atoms with Crippen LogP contribution >= 0.6 is 0 Å². The van der Waals surface area contributed by atoms with Crippen LogP contribution in [0.2, 0.25) is 0 Å². The van der Waals surface area contributed by atoms with Gasteiger partial charge in [0.2, 0.25) is 11.8 Å². The molecule has 0 saturated heterocycles. The van der Waals surface area contributed by atoms with Gasteiger partial charge in [-0.25, -0.2) is 4.39 Å². The minimum atomic E-state index is -0.480. The molecule has 0 radical (unpaired) electrons. The molecule has 0 unspecified atom stereocenters. The average molecular weight is 358 g/mol. The van der Waals surface area contributed by atoms with Gasteiger partial charge in [-0.2, -0.15) is 0 Å². The fraction of sp³-hybridized carbons (Fsp3) is 0.300. The van der Waals surface area contributed by atoms with E-state index in [0.29, 0.717) is 5.56 Å². The Morgan fingerprint density at radius 3 is 2.35 bits per heavy atom. The van der Waals surface area contributed by atoms with Crippen molar-refractivity contribution in [3.05, 3.63) is 65.5 Å². The first-order chi connectivity index (χ1) is 12.4. The fourth-order valence-corrected chi connectivity index (χ4v) is 2.70. The van der Waals surface area contributed by atoms with Gasteiger partial charge >= 0.3 is 0 Å². The minimum absolute atomic E-state index is 0.0899. The van der Waals surface area contributed by atoms with Crippen LogP contribution in [0.5, 0.6) is 5.75 Å². The van der Waals surface area contributed by atoms with E-state index in [1.54, 1.807) is 13.0 Å². The van der Waals surface area contributed by atoms with Crippen molar-refractivity contribution in [3.8, 4) is 5.75 Å². The van der Waals surface area contributed by atoms with E-state index in [1.807, 2.05) is 30.3 Å². The van der Waals surface area contributed by atoms with Gasteiger partial charge in [0.1, 0.15) is 0 Å². The number of ether oxygens (including phenoxy) is 1. The van der Waals surface area contributed by atoms with E-state index in [0.717, 1.165) is 5.56 Å². The molecular formula is C20H23FN2O3. The van der Waals surface area contributed by atoms with Crippen LogP contribution < -0.4 is 15.4 Å². The van der Waals surface area contributed by atoms with Crippen molar-refractivity contribution >= 4 is 11.8 Å². The molecule has 138 valence electrons. The minimum Gasteiger partial charge on any atom is -0.494 e. The third kappa shape index (κ3) is 5.31. The van der Waals surface area contributed by atoms with Crippen LogP contribution in [0.15, 0.2) is 48.5 Å². The molecule has 2 atom stereocenters. The highest BCUT2D eigenvalue weighted by Crippen LogP contribution is 2.22. The predicted molar refractivity (Wildman–Crippen MR) is 97.1 cm³/mol. The van der Waals surface area contributed by atoms with Gasteiger partial charge in [-0.1, -0.05) is 36.4 Å². The Bertz CT molecular complexity index is 765. The number of carbonyl (C=O) groups is 2. The van der Waals surface area contributed by atoms with Crippen molar-refractivity contribution < 1.29 is 18.7 Å². The number of halogens is 1. The van der Waals surface area contributed by atoms with Gasteiger partial charge in [-0.05, 0) is 30.2 Å².